The number of carbonyl (C=O) groups excluding carboxylic acids is 2. The summed E-state index contributed by atoms with van der Waals surface area (Å²) in [6, 6.07) is 16.9. The van der Waals surface area contributed by atoms with Crippen molar-refractivity contribution in [1.29, 1.82) is 0 Å². The van der Waals surface area contributed by atoms with Gasteiger partial charge in [0.1, 0.15) is 11.3 Å². The smallest absolute Gasteiger partial charge is 0.254 e. The van der Waals surface area contributed by atoms with Gasteiger partial charge in [0.25, 0.3) is 5.91 Å². The number of nitrogens with zero attached hydrogens (tertiary/aromatic N) is 2. The average Bonchev–Trinajstić information content (AvgIpc) is 3.32. The molecule has 0 aliphatic carbocycles. The molecule has 2 heterocycles. The van der Waals surface area contributed by atoms with Gasteiger partial charge in [-0.25, -0.2) is 0 Å². The zero-order valence-corrected chi connectivity index (χ0v) is 15.5. The predicted octanol–water partition coefficient (Wildman–Crippen LogP) is 4.39. The fraction of sp³-hybridized carbons (Fsp3) is 0.273. The average molecular weight is 362 g/mol. The molecule has 0 spiro atoms. The summed E-state index contributed by atoms with van der Waals surface area (Å²) in [6.07, 6.45) is 1.48. The molecule has 1 aromatic heterocycles. The molecule has 1 saturated heterocycles. The third-order valence-corrected chi connectivity index (χ3v) is 5.26. The second-order valence-electron chi connectivity index (χ2n) is 6.97. The number of benzene rings is 2. The van der Waals surface area contributed by atoms with Crippen LogP contribution in [-0.2, 0) is 4.79 Å². The van der Waals surface area contributed by atoms with E-state index >= 15 is 0 Å². The fourth-order valence-corrected chi connectivity index (χ4v) is 3.48. The van der Waals surface area contributed by atoms with E-state index in [4.69, 9.17) is 4.42 Å². The first-order chi connectivity index (χ1) is 13.0. The minimum absolute atomic E-state index is 0.0812. The van der Waals surface area contributed by atoms with Gasteiger partial charge in [-0.1, -0.05) is 18.2 Å². The van der Waals surface area contributed by atoms with E-state index in [2.05, 4.69) is 0 Å². The van der Waals surface area contributed by atoms with Crippen LogP contribution in [0.2, 0.25) is 0 Å². The van der Waals surface area contributed by atoms with Gasteiger partial charge in [-0.05, 0) is 49.7 Å². The molecule has 1 unspecified atom stereocenters. The van der Waals surface area contributed by atoms with Crippen molar-refractivity contribution in [2.75, 3.05) is 18.5 Å². The van der Waals surface area contributed by atoms with Gasteiger partial charge < -0.3 is 14.2 Å². The van der Waals surface area contributed by atoms with Gasteiger partial charge in [-0.3, -0.25) is 9.59 Å². The molecule has 5 heteroatoms. The van der Waals surface area contributed by atoms with E-state index in [0.717, 1.165) is 35.4 Å². The van der Waals surface area contributed by atoms with Crippen LogP contribution in [0.15, 0.2) is 59.0 Å². The minimum atomic E-state index is -0.190. The van der Waals surface area contributed by atoms with E-state index in [9.17, 15) is 9.59 Å². The molecule has 4 rings (SSSR count). The zero-order valence-electron chi connectivity index (χ0n) is 15.5. The minimum Gasteiger partial charge on any atom is -0.459 e. The SMILES string of the molecule is CC(c1cc2ccccc2o1)N(C)C(=O)c1ccc(N2CCCC2=O)cc1. The van der Waals surface area contributed by atoms with Gasteiger partial charge in [0.15, 0.2) is 0 Å². The van der Waals surface area contributed by atoms with Gasteiger partial charge in [0.05, 0.1) is 6.04 Å². The molecule has 1 aliphatic rings. The van der Waals surface area contributed by atoms with Gasteiger partial charge in [0.2, 0.25) is 5.91 Å². The molecule has 2 amide bonds. The van der Waals surface area contributed by atoms with E-state index in [1.807, 2.05) is 49.4 Å². The standard InChI is InChI=1S/C22H22N2O3/c1-15(20-14-17-6-3-4-7-19(17)27-20)23(2)22(26)16-9-11-18(12-10-16)24-13-5-8-21(24)25/h3-4,6-7,9-12,14-15H,5,8,13H2,1-2H3. The molecule has 138 valence electrons. The Labute approximate surface area is 158 Å². The van der Waals surface area contributed by atoms with Crippen LogP contribution in [-0.4, -0.2) is 30.3 Å². The highest BCUT2D eigenvalue weighted by Crippen LogP contribution is 2.28. The molecular formula is C22H22N2O3. The first-order valence-corrected chi connectivity index (χ1v) is 9.20. The summed E-state index contributed by atoms with van der Waals surface area (Å²) in [5.74, 6) is 0.818. The van der Waals surface area contributed by atoms with E-state index in [0.29, 0.717) is 12.0 Å². The number of anilines is 1. The van der Waals surface area contributed by atoms with Crippen LogP contribution in [0.25, 0.3) is 11.0 Å². The number of hydrogen-bond acceptors (Lipinski definition) is 3. The number of para-hydroxylation sites is 1. The monoisotopic (exact) mass is 362 g/mol. The maximum Gasteiger partial charge on any atom is 0.254 e. The Morgan fingerprint density at radius 1 is 1.15 bits per heavy atom. The summed E-state index contributed by atoms with van der Waals surface area (Å²) >= 11 is 0. The van der Waals surface area contributed by atoms with Crippen LogP contribution in [0, 0.1) is 0 Å². The highest BCUT2D eigenvalue weighted by molar-refractivity contribution is 5.97. The Bertz CT molecular complexity index is 957. The van der Waals surface area contributed by atoms with Crippen LogP contribution in [0.3, 0.4) is 0 Å². The third-order valence-electron chi connectivity index (χ3n) is 5.26. The lowest BCUT2D eigenvalue weighted by molar-refractivity contribution is -0.117. The molecule has 1 atom stereocenters. The number of rotatable bonds is 4. The first kappa shape index (κ1) is 17.3. The number of furan rings is 1. The lowest BCUT2D eigenvalue weighted by Gasteiger charge is -2.24. The van der Waals surface area contributed by atoms with Crippen molar-refractivity contribution in [2.24, 2.45) is 0 Å². The van der Waals surface area contributed by atoms with E-state index in [-0.39, 0.29) is 17.9 Å². The van der Waals surface area contributed by atoms with Crippen molar-refractivity contribution in [3.8, 4) is 0 Å². The predicted molar refractivity (Wildman–Crippen MR) is 105 cm³/mol. The Hall–Kier alpha value is -3.08. The van der Waals surface area contributed by atoms with E-state index in [1.54, 1.807) is 29.0 Å². The van der Waals surface area contributed by atoms with Gasteiger partial charge in [-0.15, -0.1) is 0 Å². The lowest BCUT2D eigenvalue weighted by Crippen LogP contribution is -2.29. The summed E-state index contributed by atoms with van der Waals surface area (Å²) in [5, 5.41) is 1.03. The Morgan fingerprint density at radius 2 is 1.89 bits per heavy atom. The third kappa shape index (κ3) is 3.21. The molecule has 0 saturated carbocycles. The second-order valence-corrected chi connectivity index (χ2v) is 6.97. The molecule has 1 fully saturated rings. The Morgan fingerprint density at radius 3 is 2.56 bits per heavy atom. The number of hydrogen-bond donors (Lipinski definition) is 0. The fourth-order valence-electron chi connectivity index (χ4n) is 3.48. The van der Waals surface area contributed by atoms with E-state index in [1.165, 1.54) is 0 Å². The molecular weight excluding hydrogens is 340 g/mol. The summed E-state index contributed by atoms with van der Waals surface area (Å²) in [7, 11) is 1.78. The summed E-state index contributed by atoms with van der Waals surface area (Å²) in [6.45, 7) is 2.70. The van der Waals surface area contributed by atoms with Crippen molar-refractivity contribution in [3.05, 3.63) is 65.9 Å². The molecule has 0 radical (unpaired) electrons. The number of fused-ring (bicyclic) bond motifs is 1. The van der Waals surface area contributed by atoms with Gasteiger partial charge in [-0.2, -0.15) is 0 Å². The lowest BCUT2D eigenvalue weighted by atomic mass is 10.1. The number of carbonyl (C=O) groups is 2. The Kier molecular flexibility index (Phi) is 4.44. The second kappa shape index (κ2) is 6.91. The van der Waals surface area contributed by atoms with Gasteiger partial charge in [0, 0.05) is 36.7 Å². The topological polar surface area (TPSA) is 53.8 Å². The molecule has 3 aromatic rings. The maximum atomic E-state index is 12.9. The Balaban J connectivity index is 1.51. The molecule has 0 bridgehead atoms. The van der Waals surface area contributed by atoms with E-state index < -0.39 is 0 Å². The van der Waals surface area contributed by atoms with Gasteiger partial charge >= 0.3 is 0 Å². The van der Waals surface area contributed by atoms with Crippen molar-refractivity contribution in [3.63, 3.8) is 0 Å². The molecule has 5 nitrogen and oxygen atoms in total. The van der Waals surface area contributed by atoms with Crippen molar-refractivity contribution in [2.45, 2.75) is 25.8 Å². The van der Waals surface area contributed by atoms with Crippen LogP contribution < -0.4 is 4.90 Å². The molecule has 1 aliphatic heterocycles. The highest BCUT2D eigenvalue weighted by atomic mass is 16.3. The van der Waals surface area contributed by atoms with Crippen LogP contribution in [0.5, 0.6) is 0 Å². The molecule has 27 heavy (non-hydrogen) atoms. The molecule has 2 aromatic carbocycles. The summed E-state index contributed by atoms with van der Waals surface area (Å²) in [4.78, 5) is 28.2. The van der Waals surface area contributed by atoms with Crippen molar-refractivity contribution < 1.29 is 14.0 Å². The quantitative estimate of drug-likeness (QED) is 0.691. The van der Waals surface area contributed by atoms with Crippen LogP contribution in [0.1, 0.15) is 41.9 Å². The highest BCUT2D eigenvalue weighted by Gasteiger charge is 2.24. The van der Waals surface area contributed by atoms with Crippen LogP contribution >= 0.6 is 0 Å². The number of amides is 2. The van der Waals surface area contributed by atoms with Crippen molar-refractivity contribution >= 4 is 28.5 Å². The maximum absolute atomic E-state index is 12.9. The summed E-state index contributed by atoms with van der Waals surface area (Å²) < 4.78 is 5.90. The largest absolute Gasteiger partial charge is 0.459 e. The normalized spacial score (nSPS) is 15.3. The van der Waals surface area contributed by atoms with Crippen molar-refractivity contribution in [1.82, 2.24) is 4.90 Å². The first-order valence-electron chi connectivity index (χ1n) is 9.20. The molecule has 0 N–H and O–H groups in total. The summed E-state index contributed by atoms with van der Waals surface area (Å²) in [5.41, 5.74) is 2.26. The zero-order chi connectivity index (χ0) is 19.0. The van der Waals surface area contributed by atoms with Crippen LogP contribution in [0.4, 0.5) is 5.69 Å².